The van der Waals surface area contributed by atoms with Crippen molar-refractivity contribution in [3.05, 3.63) is 59.9 Å². The fourth-order valence-corrected chi connectivity index (χ4v) is 5.40. The lowest BCUT2D eigenvalue weighted by molar-refractivity contribution is -0.0966. The maximum absolute atomic E-state index is 12.4. The lowest BCUT2D eigenvalue weighted by Crippen LogP contribution is -2.52. The highest BCUT2D eigenvalue weighted by Crippen LogP contribution is 2.28. The fraction of sp³-hybridized carbons (Fsp3) is 0.500. The Morgan fingerprint density at radius 2 is 1.80 bits per heavy atom. The van der Waals surface area contributed by atoms with E-state index in [0.29, 0.717) is 25.3 Å². The third-order valence-electron chi connectivity index (χ3n) is 7.39. The number of hydrogen-bond acceptors (Lipinski definition) is 8. The number of carbonyl (C=O) groups excluding carboxylic acids is 1. The summed E-state index contributed by atoms with van der Waals surface area (Å²) in [6.07, 6.45) is 1.47. The molecule has 0 aliphatic carbocycles. The van der Waals surface area contributed by atoms with Gasteiger partial charge in [0.1, 0.15) is 23.6 Å². The Morgan fingerprint density at radius 3 is 2.48 bits per heavy atom. The van der Waals surface area contributed by atoms with Crippen molar-refractivity contribution in [2.75, 3.05) is 56.1 Å². The van der Waals surface area contributed by atoms with E-state index in [4.69, 9.17) is 9.47 Å². The van der Waals surface area contributed by atoms with E-state index < -0.39 is 5.60 Å². The number of nitriles is 1. The molecule has 10 heteroatoms. The molecular weight excluding hydrogens is 506 g/mol. The molecule has 1 aromatic carbocycles. The topological polar surface area (TPSA) is 89.6 Å². The van der Waals surface area contributed by atoms with Crippen molar-refractivity contribution in [3.8, 4) is 6.07 Å². The molecule has 0 unspecified atom stereocenters. The minimum Gasteiger partial charge on any atom is -0.444 e. The maximum atomic E-state index is 12.4. The molecule has 4 heterocycles. The van der Waals surface area contributed by atoms with Crippen LogP contribution in [0.2, 0.25) is 0 Å². The Bertz CT molecular complexity index is 1370. The molecule has 2 fully saturated rings. The SMILES string of the molecule is C[C@@H]1CN(c2ccc(C#N)n3nccc23)C[C@@H](N(C)Cc2ccc(N3CCN(C(=O)OC(C)(C)C)CC3)cc2)O1. The van der Waals surface area contributed by atoms with Crippen molar-refractivity contribution in [2.24, 2.45) is 0 Å². The van der Waals surface area contributed by atoms with Crippen LogP contribution < -0.4 is 9.80 Å². The van der Waals surface area contributed by atoms with Gasteiger partial charge < -0.3 is 24.2 Å². The van der Waals surface area contributed by atoms with Crippen LogP contribution in [0, 0.1) is 11.3 Å². The van der Waals surface area contributed by atoms with Gasteiger partial charge in [0.25, 0.3) is 0 Å². The van der Waals surface area contributed by atoms with Gasteiger partial charge in [-0.3, -0.25) is 4.90 Å². The van der Waals surface area contributed by atoms with E-state index in [2.05, 4.69) is 64.1 Å². The highest BCUT2D eigenvalue weighted by atomic mass is 16.6. The first kappa shape index (κ1) is 27.7. The monoisotopic (exact) mass is 545 g/mol. The number of rotatable bonds is 5. The molecule has 2 saturated heterocycles. The first-order chi connectivity index (χ1) is 19.1. The molecule has 40 heavy (non-hydrogen) atoms. The molecule has 2 aliphatic rings. The summed E-state index contributed by atoms with van der Waals surface area (Å²) >= 11 is 0. The third-order valence-corrected chi connectivity index (χ3v) is 7.39. The molecule has 0 radical (unpaired) electrons. The summed E-state index contributed by atoms with van der Waals surface area (Å²) in [4.78, 5) is 21.1. The molecule has 212 valence electrons. The number of likely N-dealkylation sites (N-methyl/N-ethyl adjacent to an activating group) is 1. The first-order valence-electron chi connectivity index (χ1n) is 13.9. The number of carbonyl (C=O) groups is 1. The number of pyridine rings is 1. The number of amides is 1. The van der Waals surface area contributed by atoms with E-state index in [9.17, 15) is 10.1 Å². The second-order valence-corrected chi connectivity index (χ2v) is 11.7. The number of nitrogens with zero attached hydrogens (tertiary/aromatic N) is 7. The fourth-order valence-electron chi connectivity index (χ4n) is 5.40. The van der Waals surface area contributed by atoms with Gasteiger partial charge >= 0.3 is 6.09 Å². The van der Waals surface area contributed by atoms with Gasteiger partial charge in [0.05, 0.1) is 30.0 Å². The van der Waals surface area contributed by atoms with Crippen LogP contribution >= 0.6 is 0 Å². The van der Waals surface area contributed by atoms with Crippen LogP contribution in [0.3, 0.4) is 0 Å². The number of piperazine rings is 1. The van der Waals surface area contributed by atoms with Crippen molar-refractivity contribution in [1.82, 2.24) is 19.4 Å². The highest BCUT2D eigenvalue weighted by Gasteiger charge is 2.30. The summed E-state index contributed by atoms with van der Waals surface area (Å²) in [5.74, 6) is 0. The Labute approximate surface area is 236 Å². The zero-order valence-electron chi connectivity index (χ0n) is 24.1. The van der Waals surface area contributed by atoms with Gasteiger partial charge in [0.15, 0.2) is 0 Å². The largest absolute Gasteiger partial charge is 0.444 e. The maximum Gasteiger partial charge on any atom is 0.410 e. The zero-order chi connectivity index (χ0) is 28.4. The predicted molar refractivity (Wildman–Crippen MR) is 154 cm³/mol. The van der Waals surface area contributed by atoms with Crippen molar-refractivity contribution in [2.45, 2.75) is 52.2 Å². The number of morpholine rings is 1. The van der Waals surface area contributed by atoms with Crippen molar-refractivity contribution >= 4 is 23.0 Å². The number of benzene rings is 1. The Hall–Kier alpha value is -3.81. The molecule has 0 saturated carbocycles. The smallest absolute Gasteiger partial charge is 0.410 e. The van der Waals surface area contributed by atoms with Gasteiger partial charge in [-0.15, -0.1) is 0 Å². The van der Waals surface area contributed by atoms with Crippen LogP contribution in [0.15, 0.2) is 48.7 Å². The summed E-state index contributed by atoms with van der Waals surface area (Å²) < 4.78 is 13.6. The molecule has 3 aromatic rings. The molecule has 2 aliphatic heterocycles. The van der Waals surface area contributed by atoms with Crippen molar-refractivity contribution in [1.29, 1.82) is 5.26 Å². The summed E-state index contributed by atoms with van der Waals surface area (Å²) in [6.45, 7) is 12.9. The van der Waals surface area contributed by atoms with Gasteiger partial charge in [-0.2, -0.15) is 10.4 Å². The van der Waals surface area contributed by atoms with E-state index in [1.165, 1.54) is 5.56 Å². The second kappa shape index (κ2) is 11.4. The van der Waals surface area contributed by atoms with E-state index in [1.54, 1.807) is 15.6 Å². The Balaban J connectivity index is 1.19. The minimum absolute atomic E-state index is 0.0570. The molecule has 0 bridgehead atoms. The average Bonchev–Trinajstić information content (AvgIpc) is 3.42. The van der Waals surface area contributed by atoms with Gasteiger partial charge in [0, 0.05) is 45.0 Å². The molecule has 10 nitrogen and oxygen atoms in total. The van der Waals surface area contributed by atoms with E-state index in [1.807, 2.05) is 39.0 Å². The van der Waals surface area contributed by atoms with E-state index >= 15 is 0 Å². The summed E-state index contributed by atoms with van der Waals surface area (Å²) in [5.41, 5.74) is 4.40. The lowest BCUT2D eigenvalue weighted by atomic mass is 10.1. The minimum atomic E-state index is -0.480. The van der Waals surface area contributed by atoms with Crippen LogP contribution in [0.5, 0.6) is 0 Å². The quantitative estimate of drug-likeness (QED) is 0.476. The van der Waals surface area contributed by atoms with Gasteiger partial charge in [-0.05, 0) is 70.6 Å². The molecule has 2 atom stereocenters. The summed E-state index contributed by atoms with van der Waals surface area (Å²) in [5, 5.41) is 13.8. The number of aromatic nitrogens is 2. The van der Waals surface area contributed by atoms with Crippen LogP contribution in [0.1, 0.15) is 39.0 Å². The third kappa shape index (κ3) is 6.16. The predicted octanol–water partition coefficient (Wildman–Crippen LogP) is 3.95. The zero-order valence-corrected chi connectivity index (χ0v) is 24.1. The average molecular weight is 546 g/mol. The normalized spacial score (nSPS) is 20.2. The van der Waals surface area contributed by atoms with Gasteiger partial charge in [-0.25, -0.2) is 9.31 Å². The van der Waals surface area contributed by atoms with Gasteiger partial charge in [-0.1, -0.05) is 12.1 Å². The number of anilines is 2. The Kier molecular flexibility index (Phi) is 7.88. The summed E-state index contributed by atoms with van der Waals surface area (Å²) in [7, 11) is 2.10. The molecule has 2 aromatic heterocycles. The van der Waals surface area contributed by atoms with Crippen LogP contribution in [-0.4, -0.2) is 89.8 Å². The van der Waals surface area contributed by atoms with Gasteiger partial charge in [0.2, 0.25) is 0 Å². The Morgan fingerprint density at radius 1 is 1.07 bits per heavy atom. The summed E-state index contributed by atoms with van der Waals surface area (Å²) in [6, 6.07) is 16.7. The van der Waals surface area contributed by atoms with Crippen LogP contribution in [-0.2, 0) is 16.0 Å². The molecule has 1 amide bonds. The molecular formula is C30H39N7O3. The standard InChI is InChI=1S/C30H39N7O3/c1-22-19-36(26-11-10-25(18-31)37-27(26)12-13-32-37)21-28(39-22)33(5)20-23-6-8-24(9-7-23)34-14-16-35(17-15-34)29(38)40-30(2,3)4/h6-13,22,28H,14-17,19-21H2,1-5H3/t22-,28+/m1/s1. The number of ether oxygens (including phenoxy) is 2. The number of fused-ring (bicyclic) bond motifs is 1. The van der Waals surface area contributed by atoms with Crippen LogP contribution in [0.4, 0.5) is 16.2 Å². The lowest BCUT2D eigenvalue weighted by Gasteiger charge is -2.42. The van der Waals surface area contributed by atoms with Crippen molar-refractivity contribution in [3.63, 3.8) is 0 Å². The number of hydrogen-bond donors (Lipinski definition) is 0. The molecule has 0 spiro atoms. The highest BCUT2D eigenvalue weighted by molar-refractivity contribution is 5.74. The second-order valence-electron chi connectivity index (χ2n) is 11.7. The van der Waals surface area contributed by atoms with E-state index in [-0.39, 0.29) is 18.4 Å². The van der Waals surface area contributed by atoms with E-state index in [0.717, 1.165) is 43.1 Å². The van der Waals surface area contributed by atoms with Crippen LogP contribution in [0.25, 0.3) is 5.52 Å². The first-order valence-corrected chi connectivity index (χ1v) is 13.9. The van der Waals surface area contributed by atoms with Crippen molar-refractivity contribution < 1.29 is 14.3 Å². The molecule has 0 N–H and O–H groups in total. The molecule has 5 rings (SSSR count).